The maximum absolute atomic E-state index is 10.8. The van der Waals surface area contributed by atoms with E-state index >= 15 is 0 Å². The molecule has 1 heterocycles. The van der Waals surface area contributed by atoms with Gasteiger partial charge in [-0.25, -0.2) is 0 Å². The summed E-state index contributed by atoms with van der Waals surface area (Å²) in [5.41, 5.74) is 0. The Hall–Kier alpha value is -1.08. The van der Waals surface area contributed by atoms with Gasteiger partial charge in [-0.15, -0.1) is 0 Å². The molecular weight excluding hydrogens is 168 g/mol. The van der Waals surface area contributed by atoms with Crippen molar-refractivity contribution in [1.82, 2.24) is 4.90 Å². The average molecular weight is 182 g/mol. The number of rotatable bonds is 1. The van der Waals surface area contributed by atoms with Crippen LogP contribution in [-0.2, 0) is 4.79 Å². The highest BCUT2D eigenvalue weighted by Crippen LogP contribution is 2.23. The van der Waals surface area contributed by atoms with Gasteiger partial charge < -0.3 is 10.0 Å². The number of nitrogens with zero attached hydrogens (tertiary/aromatic N) is 2. The number of carbonyl (C=O) groups is 1. The van der Waals surface area contributed by atoms with Gasteiger partial charge in [0.15, 0.2) is 0 Å². The fourth-order valence-corrected chi connectivity index (χ4v) is 1.68. The first kappa shape index (κ1) is 10.0. The molecule has 0 spiro atoms. The number of aliphatic carboxylic acids is 1. The van der Waals surface area contributed by atoms with Gasteiger partial charge in [0.05, 0.1) is 17.9 Å². The second-order valence-electron chi connectivity index (χ2n) is 3.56. The highest BCUT2D eigenvalue weighted by Gasteiger charge is 2.30. The van der Waals surface area contributed by atoms with E-state index in [1.165, 1.54) is 0 Å². The van der Waals surface area contributed by atoms with Gasteiger partial charge in [-0.05, 0) is 33.0 Å². The summed E-state index contributed by atoms with van der Waals surface area (Å²) in [5.74, 6) is -1.63. The summed E-state index contributed by atoms with van der Waals surface area (Å²) in [6.07, 6.45) is 1.26. The van der Waals surface area contributed by atoms with Crippen LogP contribution in [0.5, 0.6) is 0 Å². The van der Waals surface area contributed by atoms with E-state index in [1.807, 2.05) is 7.05 Å². The molecule has 1 fully saturated rings. The van der Waals surface area contributed by atoms with E-state index in [4.69, 9.17) is 10.4 Å². The van der Waals surface area contributed by atoms with Crippen LogP contribution >= 0.6 is 0 Å². The number of likely N-dealkylation sites (tertiary alicyclic amines) is 1. The van der Waals surface area contributed by atoms with Crippen molar-refractivity contribution < 1.29 is 9.90 Å². The van der Waals surface area contributed by atoms with E-state index in [2.05, 4.69) is 11.0 Å². The lowest BCUT2D eigenvalue weighted by atomic mass is 9.89. The molecule has 4 nitrogen and oxygen atoms in total. The van der Waals surface area contributed by atoms with Crippen molar-refractivity contribution in [2.75, 3.05) is 20.1 Å². The Morgan fingerprint density at radius 1 is 1.54 bits per heavy atom. The Morgan fingerprint density at radius 3 is 2.69 bits per heavy atom. The summed E-state index contributed by atoms with van der Waals surface area (Å²) in [6, 6.07) is 2.09. The first-order valence-electron chi connectivity index (χ1n) is 4.46. The van der Waals surface area contributed by atoms with Gasteiger partial charge in [-0.3, -0.25) is 4.79 Å². The molecule has 2 atom stereocenters. The topological polar surface area (TPSA) is 64.3 Å². The minimum absolute atomic E-state index is 0.317. The van der Waals surface area contributed by atoms with Gasteiger partial charge in [-0.2, -0.15) is 5.26 Å². The molecule has 1 aliphatic heterocycles. The fraction of sp³-hybridized carbons (Fsp3) is 0.778. The third kappa shape index (κ3) is 2.43. The van der Waals surface area contributed by atoms with E-state index in [0.29, 0.717) is 12.8 Å². The molecule has 4 heteroatoms. The van der Waals surface area contributed by atoms with Crippen LogP contribution in [0.1, 0.15) is 12.8 Å². The fourth-order valence-electron chi connectivity index (χ4n) is 1.68. The van der Waals surface area contributed by atoms with Crippen molar-refractivity contribution in [3.63, 3.8) is 0 Å². The molecule has 0 aromatic carbocycles. The van der Waals surface area contributed by atoms with Crippen molar-refractivity contribution >= 4 is 5.97 Å². The molecule has 1 aliphatic rings. The van der Waals surface area contributed by atoms with Gasteiger partial charge in [0, 0.05) is 0 Å². The van der Waals surface area contributed by atoms with Crippen molar-refractivity contribution in [2.24, 2.45) is 11.8 Å². The second-order valence-corrected chi connectivity index (χ2v) is 3.56. The van der Waals surface area contributed by atoms with Gasteiger partial charge >= 0.3 is 5.97 Å². The van der Waals surface area contributed by atoms with Crippen LogP contribution in [0.3, 0.4) is 0 Å². The summed E-state index contributed by atoms with van der Waals surface area (Å²) in [4.78, 5) is 12.9. The van der Waals surface area contributed by atoms with Gasteiger partial charge in [-0.1, -0.05) is 0 Å². The number of nitriles is 1. The minimum Gasteiger partial charge on any atom is -0.481 e. The highest BCUT2D eigenvalue weighted by molar-refractivity contribution is 5.70. The summed E-state index contributed by atoms with van der Waals surface area (Å²) >= 11 is 0. The first-order chi connectivity index (χ1) is 6.15. The zero-order valence-corrected chi connectivity index (χ0v) is 7.73. The van der Waals surface area contributed by atoms with Crippen molar-refractivity contribution in [3.8, 4) is 6.07 Å². The highest BCUT2D eigenvalue weighted by atomic mass is 16.4. The summed E-state index contributed by atoms with van der Waals surface area (Å²) < 4.78 is 0. The van der Waals surface area contributed by atoms with Crippen LogP contribution < -0.4 is 0 Å². The zero-order valence-electron chi connectivity index (χ0n) is 7.73. The minimum atomic E-state index is -0.832. The van der Waals surface area contributed by atoms with Crippen molar-refractivity contribution in [3.05, 3.63) is 0 Å². The van der Waals surface area contributed by atoms with E-state index in [1.54, 1.807) is 0 Å². The van der Waals surface area contributed by atoms with Crippen LogP contribution in [0.25, 0.3) is 0 Å². The zero-order chi connectivity index (χ0) is 9.84. The lowest BCUT2D eigenvalue weighted by Gasteiger charge is -2.12. The Bertz CT molecular complexity index is 234. The van der Waals surface area contributed by atoms with Crippen LogP contribution in [0.15, 0.2) is 0 Å². The van der Waals surface area contributed by atoms with E-state index in [-0.39, 0.29) is 5.92 Å². The molecule has 72 valence electrons. The Balaban J connectivity index is 2.68. The molecule has 0 unspecified atom stereocenters. The Morgan fingerprint density at radius 2 is 2.15 bits per heavy atom. The Labute approximate surface area is 77.8 Å². The van der Waals surface area contributed by atoms with Crippen LogP contribution in [0.4, 0.5) is 0 Å². The molecule has 0 radical (unpaired) electrons. The molecule has 13 heavy (non-hydrogen) atoms. The summed E-state index contributed by atoms with van der Waals surface area (Å²) in [7, 11) is 1.96. The SMILES string of the molecule is CN1CC[C@@H](C#N)[C@H](C(=O)O)CC1. The summed E-state index contributed by atoms with van der Waals surface area (Å²) in [5, 5.41) is 17.7. The molecule has 0 aromatic heterocycles. The number of carboxylic acids is 1. The summed E-state index contributed by atoms with van der Waals surface area (Å²) in [6.45, 7) is 1.59. The molecular formula is C9H14N2O2. The lowest BCUT2D eigenvalue weighted by molar-refractivity contribution is -0.143. The van der Waals surface area contributed by atoms with Gasteiger partial charge in [0.25, 0.3) is 0 Å². The standard InChI is InChI=1S/C9H14N2O2/c1-11-4-2-7(6-10)8(3-5-11)9(12)13/h7-8H,2-5H2,1H3,(H,12,13)/t7-,8+/m0/s1. The predicted molar refractivity (Wildman–Crippen MR) is 47.0 cm³/mol. The molecule has 0 bridgehead atoms. The molecule has 0 aliphatic carbocycles. The largest absolute Gasteiger partial charge is 0.481 e. The maximum atomic E-state index is 10.8. The molecule has 1 rings (SSSR count). The quantitative estimate of drug-likeness (QED) is 0.643. The molecule has 0 amide bonds. The third-order valence-electron chi connectivity index (χ3n) is 2.61. The predicted octanol–water partition coefficient (Wildman–Crippen LogP) is 0.553. The van der Waals surface area contributed by atoms with Crippen LogP contribution in [0, 0.1) is 23.2 Å². The lowest BCUT2D eigenvalue weighted by Crippen LogP contribution is -2.22. The maximum Gasteiger partial charge on any atom is 0.307 e. The Kier molecular flexibility index (Phi) is 3.26. The van der Waals surface area contributed by atoms with Crippen LogP contribution in [0.2, 0.25) is 0 Å². The third-order valence-corrected chi connectivity index (χ3v) is 2.61. The average Bonchev–Trinajstić information content (AvgIpc) is 2.26. The normalized spacial score (nSPS) is 30.5. The molecule has 1 N–H and O–H groups in total. The molecule has 1 saturated heterocycles. The van der Waals surface area contributed by atoms with Crippen molar-refractivity contribution in [2.45, 2.75) is 12.8 Å². The first-order valence-corrected chi connectivity index (χ1v) is 4.46. The molecule has 0 saturated carbocycles. The van der Waals surface area contributed by atoms with Crippen molar-refractivity contribution in [1.29, 1.82) is 5.26 Å². The van der Waals surface area contributed by atoms with Crippen LogP contribution in [-0.4, -0.2) is 36.1 Å². The number of hydrogen-bond acceptors (Lipinski definition) is 3. The van der Waals surface area contributed by atoms with E-state index < -0.39 is 11.9 Å². The van der Waals surface area contributed by atoms with Gasteiger partial charge in [0.2, 0.25) is 0 Å². The second kappa shape index (κ2) is 4.24. The number of hydrogen-bond donors (Lipinski definition) is 1. The number of carboxylic acid groups (broad SMARTS) is 1. The van der Waals surface area contributed by atoms with E-state index in [0.717, 1.165) is 13.1 Å². The smallest absolute Gasteiger partial charge is 0.307 e. The molecule has 0 aromatic rings. The van der Waals surface area contributed by atoms with Gasteiger partial charge in [0.1, 0.15) is 0 Å². The monoisotopic (exact) mass is 182 g/mol. The van der Waals surface area contributed by atoms with E-state index in [9.17, 15) is 4.79 Å².